The fourth-order valence-corrected chi connectivity index (χ4v) is 1.20. The van der Waals surface area contributed by atoms with Gasteiger partial charge in [0.25, 0.3) is 10.1 Å². The Morgan fingerprint density at radius 2 is 2.00 bits per heavy atom. The van der Waals surface area contributed by atoms with Gasteiger partial charge in [-0.3, -0.25) is 4.55 Å². The lowest BCUT2D eigenvalue weighted by atomic mass is 10.3. The SMILES string of the molecule is CC/C=C/CCCS(=O)(=O)O. The van der Waals surface area contributed by atoms with Gasteiger partial charge in [-0.15, -0.1) is 0 Å². The molecule has 0 aromatic carbocycles. The quantitative estimate of drug-likeness (QED) is 0.395. The Bertz CT molecular complexity index is 204. The zero-order valence-electron chi connectivity index (χ0n) is 6.66. The number of hydrogen-bond acceptors (Lipinski definition) is 2. The van der Waals surface area contributed by atoms with Crippen LogP contribution in [0.5, 0.6) is 0 Å². The first-order valence-corrected chi connectivity index (χ1v) is 5.27. The topological polar surface area (TPSA) is 54.4 Å². The molecule has 0 aliphatic heterocycles. The van der Waals surface area contributed by atoms with Gasteiger partial charge in [0.05, 0.1) is 5.75 Å². The molecule has 0 saturated heterocycles. The van der Waals surface area contributed by atoms with Crippen LogP contribution in [0.15, 0.2) is 12.2 Å². The smallest absolute Gasteiger partial charge is 0.264 e. The standard InChI is InChI=1S/C7H14O3S/c1-2-3-4-5-6-7-11(8,9)10/h3-4H,2,5-7H2,1H3,(H,8,9,10)/b4-3+. The second-order valence-corrected chi connectivity index (χ2v) is 3.88. The van der Waals surface area contributed by atoms with Gasteiger partial charge in [0.15, 0.2) is 0 Å². The molecule has 66 valence electrons. The Hall–Kier alpha value is -0.350. The molecule has 11 heavy (non-hydrogen) atoms. The molecule has 0 bridgehead atoms. The summed E-state index contributed by atoms with van der Waals surface area (Å²) in [7, 11) is -3.75. The highest BCUT2D eigenvalue weighted by Crippen LogP contribution is 1.95. The first kappa shape index (κ1) is 10.7. The average molecular weight is 178 g/mol. The second kappa shape index (κ2) is 5.32. The minimum atomic E-state index is -3.75. The minimum Gasteiger partial charge on any atom is -0.286 e. The Kier molecular flexibility index (Phi) is 5.15. The third-order valence-electron chi connectivity index (χ3n) is 1.18. The highest BCUT2D eigenvalue weighted by atomic mass is 32.2. The fraction of sp³-hybridized carbons (Fsp3) is 0.714. The first-order chi connectivity index (χ1) is 5.06. The van der Waals surface area contributed by atoms with Gasteiger partial charge in [0.2, 0.25) is 0 Å². The van der Waals surface area contributed by atoms with Gasteiger partial charge in [0, 0.05) is 0 Å². The molecule has 0 aromatic heterocycles. The van der Waals surface area contributed by atoms with Gasteiger partial charge < -0.3 is 0 Å². The molecule has 1 N–H and O–H groups in total. The van der Waals surface area contributed by atoms with Crippen molar-refractivity contribution in [3.63, 3.8) is 0 Å². The molecule has 3 nitrogen and oxygen atoms in total. The molecular weight excluding hydrogens is 164 g/mol. The van der Waals surface area contributed by atoms with Gasteiger partial charge in [-0.25, -0.2) is 0 Å². The van der Waals surface area contributed by atoms with E-state index in [0.717, 1.165) is 6.42 Å². The summed E-state index contributed by atoms with van der Waals surface area (Å²) in [4.78, 5) is 0. The zero-order valence-corrected chi connectivity index (χ0v) is 7.47. The van der Waals surface area contributed by atoms with Gasteiger partial charge in [-0.1, -0.05) is 19.1 Å². The van der Waals surface area contributed by atoms with E-state index in [4.69, 9.17) is 4.55 Å². The van der Waals surface area contributed by atoms with Crippen LogP contribution in [0.25, 0.3) is 0 Å². The summed E-state index contributed by atoms with van der Waals surface area (Å²) in [5, 5.41) is 0. The van der Waals surface area contributed by atoms with E-state index in [-0.39, 0.29) is 5.75 Å². The van der Waals surface area contributed by atoms with Crippen molar-refractivity contribution in [2.75, 3.05) is 5.75 Å². The van der Waals surface area contributed by atoms with E-state index in [2.05, 4.69) is 0 Å². The summed E-state index contributed by atoms with van der Waals surface area (Å²) in [6.45, 7) is 2.01. The predicted molar refractivity (Wildman–Crippen MR) is 45.1 cm³/mol. The van der Waals surface area contributed by atoms with Gasteiger partial charge in [0.1, 0.15) is 0 Å². The van der Waals surface area contributed by atoms with Crippen LogP contribution >= 0.6 is 0 Å². The molecule has 4 heteroatoms. The van der Waals surface area contributed by atoms with E-state index < -0.39 is 10.1 Å². The highest BCUT2D eigenvalue weighted by Gasteiger charge is 2.00. The summed E-state index contributed by atoms with van der Waals surface area (Å²) < 4.78 is 28.7. The van der Waals surface area contributed by atoms with Gasteiger partial charge >= 0.3 is 0 Å². The minimum absolute atomic E-state index is 0.138. The van der Waals surface area contributed by atoms with Crippen LogP contribution in [-0.2, 0) is 10.1 Å². The van der Waals surface area contributed by atoms with Gasteiger partial charge in [-0.2, -0.15) is 8.42 Å². The molecule has 0 amide bonds. The van der Waals surface area contributed by atoms with Crippen LogP contribution in [0, 0.1) is 0 Å². The first-order valence-electron chi connectivity index (χ1n) is 3.66. The third-order valence-corrected chi connectivity index (χ3v) is 1.98. The second-order valence-electron chi connectivity index (χ2n) is 2.31. The summed E-state index contributed by atoms with van der Waals surface area (Å²) >= 11 is 0. The van der Waals surface area contributed by atoms with Crippen LogP contribution < -0.4 is 0 Å². The molecule has 0 spiro atoms. The Morgan fingerprint density at radius 1 is 1.36 bits per heavy atom. The molecule has 0 fully saturated rings. The Morgan fingerprint density at radius 3 is 2.45 bits per heavy atom. The number of rotatable bonds is 5. The molecule has 0 aliphatic rings. The Balaban J connectivity index is 3.36. The molecule has 0 saturated carbocycles. The average Bonchev–Trinajstić information content (AvgIpc) is 1.85. The van der Waals surface area contributed by atoms with Crippen molar-refractivity contribution in [2.45, 2.75) is 26.2 Å². The summed E-state index contributed by atoms with van der Waals surface area (Å²) in [6.07, 6.45) is 6.07. The molecule has 0 aromatic rings. The van der Waals surface area contributed by atoms with E-state index in [1.807, 2.05) is 19.1 Å². The van der Waals surface area contributed by atoms with E-state index in [9.17, 15) is 8.42 Å². The normalized spacial score (nSPS) is 12.5. The fourth-order valence-electron chi connectivity index (χ4n) is 0.668. The van der Waals surface area contributed by atoms with Crippen molar-refractivity contribution in [3.8, 4) is 0 Å². The lowest BCUT2D eigenvalue weighted by Crippen LogP contribution is -2.02. The van der Waals surface area contributed by atoms with E-state index in [1.165, 1.54) is 0 Å². The van der Waals surface area contributed by atoms with Crippen LogP contribution in [0.1, 0.15) is 26.2 Å². The third kappa shape index (κ3) is 9.65. The number of unbranched alkanes of at least 4 members (excludes halogenated alkanes) is 1. The van der Waals surface area contributed by atoms with Crippen LogP contribution in [0.3, 0.4) is 0 Å². The van der Waals surface area contributed by atoms with Crippen molar-refractivity contribution in [3.05, 3.63) is 12.2 Å². The maximum atomic E-state index is 10.2. The molecule has 0 aliphatic carbocycles. The maximum absolute atomic E-state index is 10.2. The molecule has 0 unspecified atom stereocenters. The van der Waals surface area contributed by atoms with Gasteiger partial charge in [-0.05, 0) is 19.3 Å². The van der Waals surface area contributed by atoms with E-state index >= 15 is 0 Å². The molecule has 0 heterocycles. The maximum Gasteiger partial charge on any atom is 0.264 e. The van der Waals surface area contributed by atoms with E-state index in [0.29, 0.717) is 12.8 Å². The molecular formula is C7H14O3S. The van der Waals surface area contributed by atoms with Crippen molar-refractivity contribution in [2.24, 2.45) is 0 Å². The van der Waals surface area contributed by atoms with Crippen molar-refractivity contribution in [1.82, 2.24) is 0 Å². The number of hydrogen-bond donors (Lipinski definition) is 1. The molecule has 0 radical (unpaired) electrons. The highest BCUT2D eigenvalue weighted by molar-refractivity contribution is 7.85. The summed E-state index contributed by atoms with van der Waals surface area (Å²) in [5.74, 6) is -0.138. The van der Waals surface area contributed by atoms with Crippen molar-refractivity contribution >= 4 is 10.1 Å². The monoisotopic (exact) mass is 178 g/mol. The van der Waals surface area contributed by atoms with Crippen LogP contribution in [0.2, 0.25) is 0 Å². The van der Waals surface area contributed by atoms with Crippen LogP contribution in [-0.4, -0.2) is 18.7 Å². The van der Waals surface area contributed by atoms with E-state index in [1.54, 1.807) is 0 Å². The number of allylic oxidation sites excluding steroid dienone is 2. The molecule has 0 rings (SSSR count). The summed E-state index contributed by atoms with van der Waals surface area (Å²) in [6, 6.07) is 0. The van der Waals surface area contributed by atoms with Crippen molar-refractivity contribution < 1.29 is 13.0 Å². The van der Waals surface area contributed by atoms with Crippen molar-refractivity contribution in [1.29, 1.82) is 0 Å². The lowest BCUT2D eigenvalue weighted by Gasteiger charge is -1.92. The Labute approximate surface area is 67.9 Å². The zero-order chi connectivity index (χ0) is 8.74. The molecule has 0 atom stereocenters. The summed E-state index contributed by atoms with van der Waals surface area (Å²) in [5.41, 5.74) is 0. The predicted octanol–water partition coefficient (Wildman–Crippen LogP) is 1.62. The lowest BCUT2D eigenvalue weighted by molar-refractivity contribution is 0.481. The largest absolute Gasteiger partial charge is 0.286 e. The van der Waals surface area contributed by atoms with Crippen LogP contribution in [0.4, 0.5) is 0 Å².